The Kier molecular flexibility index (Phi) is 4.59. The summed E-state index contributed by atoms with van der Waals surface area (Å²) in [7, 11) is 0. The predicted molar refractivity (Wildman–Crippen MR) is 60.8 cm³/mol. The number of para-hydroxylation sites is 1. The summed E-state index contributed by atoms with van der Waals surface area (Å²) in [4.78, 5) is 0. The summed E-state index contributed by atoms with van der Waals surface area (Å²) in [5.41, 5.74) is 1.80. The van der Waals surface area contributed by atoms with Crippen molar-refractivity contribution in [2.75, 3.05) is 13.2 Å². The highest BCUT2D eigenvalue weighted by molar-refractivity contribution is 5.39. The van der Waals surface area contributed by atoms with E-state index in [-0.39, 0.29) is 12.5 Å². The van der Waals surface area contributed by atoms with Gasteiger partial charge in [-0.1, -0.05) is 25.1 Å². The van der Waals surface area contributed by atoms with Crippen LogP contribution in [0.5, 0.6) is 5.75 Å². The van der Waals surface area contributed by atoms with E-state index in [1.165, 1.54) is 0 Å². The molecule has 3 nitrogen and oxygen atoms in total. The van der Waals surface area contributed by atoms with Crippen molar-refractivity contribution in [1.29, 1.82) is 0 Å². The molecule has 1 atom stereocenters. The molecule has 0 heterocycles. The molecule has 0 aliphatic rings. The Bertz CT molecular complexity index is 312. The molecule has 0 saturated carbocycles. The lowest BCUT2D eigenvalue weighted by Gasteiger charge is -2.11. The number of benzene rings is 1. The molecule has 3 heteroatoms. The highest BCUT2D eigenvalue weighted by Gasteiger charge is 2.04. The molecule has 0 radical (unpaired) electrons. The van der Waals surface area contributed by atoms with Gasteiger partial charge in [-0.25, -0.2) is 0 Å². The summed E-state index contributed by atoms with van der Waals surface area (Å²) in [5, 5.41) is 21.8. The highest BCUT2D eigenvalue weighted by Crippen LogP contribution is 2.20. The van der Waals surface area contributed by atoms with Crippen molar-refractivity contribution < 1.29 is 10.2 Å². The first-order chi connectivity index (χ1) is 7.15. The maximum atomic E-state index is 9.73. The number of rotatable bonds is 5. The zero-order valence-corrected chi connectivity index (χ0v) is 9.33. The molecule has 0 amide bonds. The van der Waals surface area contributed by atoms with Gasteiger partial charge in [0, 0.05) is 25.3 Å². The molecule has 1 unspecified atom stereocenters. The predicted octanol–water partition coefficient (Wildman–Crippen LogP) is 1.42. The Morgan fingerprint density at radius 3 is 2.80 bits per heavy atom. The standard InChI is InChI=1S/C12H19NO2/c1-9(8-14)6-13-7-11-5-3-4-10(2)12(11)15/h3-5,9,13-15H,6-8H2,1-2H3. The van der Waals surface area contributed by atoms with E-state index in [9.17, 15) is 5.11 Å². The van der Waals surface area contributed by atoms with Gasteiger partial charge < -0.3 is 15.5 Å². The van der Waals surface area contributed by atoms with Gasteiger partial charge in [-0.2, -0.15) is 0 Å². The van der Waals surface area contributed by atoms with Crippen molar-refractivity contribution in [1.82, 2.24) is 5.32 Å². The zero-order chi connectivity index (χ0) is 11.3. The van der Waals surface area contributed by atoms with Crippen LogP contribution in [0, 0.1) is 12.8 Å². The molecule has 0 bridgehead atoms. The first-order valence-corrected chi connectivity index (χ1v) is 5.24. The third-order valence-electron chi connectivity index (χ3n) is 2.44. The van der Waals surface area contributed by atoms with Gasteiger partial charge in [0.2, 0.25) is 0 Å². The van der Waals surface area contributed by atoms with Gasteiger partial charge in [-0.15, -0.1) is 0 Å². The molecule has 0 spiro atoms. The van der Waals surface area contributed by atoms with Crippen molar-refractivity contribution in [3.8, 4) is 5.75 Å². The maximum Gasteiger partial charge on any atom is 0.122 e. The maximum absolute atomic E-state index is 9.73. The second-order valence-corrected chi connectivity index (χ2v) is 4.00. The van der Waals surface area contributed by atoms with Crippen LogP contribution in [0.2, 0.25) is 0 Å². The topological polar surface area (TPSA) is 52.5 Å². The Labute approximate surface area is 90.8 Å². The van der Waals surface area contributed by atoms with Crippen molar-refractivity contribution in [3.63, 3.8) is 0 Å². The van der Waals surface area contributed by atoms with Crippen LogP contribution < -0.4 is 5.32 Å². The van der Waals surface area contributed by atoms with Gasteiger partial charge >= 0.3 is 0 Å². The van der Waals surface area contributed by atoms with Crippen LogP contribution in [0.1, 0.15) is 18.1 Å². The molecule has 0 aliphatic carbocycles. The fourth-order valence-electron chi connectivity index (χ4n) is 1.38. The van der Waals surface area contributed by atoms with Crippen LogP contribution in [0.15, 0.2) is 18.2 Å². The number of aryl methyl sites for hydroxylation is 1. The van der Waals surface area contributed by atoms with E-state index >= 15 is 0 Å². The van der Waals surface area contributed by atoms with Gasteiger partial charge in [0.25, 0.3) is 0 Å². The van der Waals surface area contributed by atoms with Crippen LogP contribution >= 0.6 is 0 Å². The lowest BCUT2D eigenvalue weighted by atomic mass is 10.1. The third kappa shape index (κ3) is 3.53. The normalized spacial score (nSPS) is 12.7. The molecule has 15 heavy (non-hydrogen) atoms. The smallest absolute Gasteiger partial charge is 0.122 e. The lowest BCUT2D eigenvalue weighted by Crippen LogP contribution is -2.22. The number of hydrogen-bond donors (Lipinski definition) is 3. The Balaban J connectivity index is 2.47. The lowest BCUT2D eigenvalue weighted by molar-refractivity contribution is 0.233. The summed E-state index contributed by atoms with van der Waals surface area (Å²) in [5.74, 6) is 0.610. The first kappa shape index (κ1) is 12.0. The van der Waals surface area contributed by atoms with Gasteiger partial charge in [0.1, 0.15) is 5.75 Å². The zero-order valence-electron chi connectivity index (χ0n) is 9.33. The number of aliphatic hydroxyl groups excluding tert-OH is 1. The Morgan fingerprint density at radius 1 is 1.40 bits per heavy atom. The van der Waals surface area contributed by atoms with Crippen LogP contribution in [0.25, 0.3) is 0 Å². The molecule has 0 saturated heterocycles. The van der Waals surface area contributed by atoms with Crippen LogP contribution in [-0.4, -0.2) is 23.4 Å². The number of aliphatic hydroxyl groups is 1. The summed E-state index contributed by atoms with van der Waals surface area (Å²) in [6.45, 7) is 5.44. The number of aromatic hydroxyl groups is 1. The molecule has 0 aliphatic heterocycles. The largest absolute Gasteiger partial charge is 0.507 e. The summed E-state index contributed by atoms with van der Waals surface area (Å²) >= 11 is 0. The average molecular weight is 209 g/mol. The molecule has 3 N–H and O–H groups in total. The monoisotopic (exact) mass is 209 g/mol. The van der Waals surface area contributed by atoms with Crippen LogP contribution in [0.4, 0.5) is 0 Å². The third-order valence-corrected chi connectivity index (χ3v) is 2.44. The highest BCUT2D eigenvalue weighted by atomic mass is 16.3. The van der Waals surface area contributed by atoms with Gasteiger partial charge in [-0.05, 0) is 18.4 Å². The van der Waals surface area contributed by atoms with E-state index in [1.54, 1.807) is 0 Å². The Morgan fingerprint density at radius 2 is 2.13 bits per heavy atom. The van der Waals surface area contributed by atoms with E-state index in [2.05, 4.69) is 5.32 Å². The van der Waals surface area contributed by atoms with E-state index in [0.29, 0.717) is 12.3 Å². The summed E-state index contributed by atoms with van der Waals surface area (Å²) in [6, 6.07) is 5.72. The molecule has 0 aromatic heterocycles. The molecule has 0 fully saturated rings. The minimum absolute atomic E-state index is 0.187. The van der Waals surface area contributed by atoms with Gasteiger partial charge in [0.15, 0.2) is 0 Å². The van der Waals surface area contributed by atoms with Gasteiger partial charge in [-0.3, -0.25) is 0 Å². The minimum atomic E-state index is 0.187. The molecule has 1 aromatic carbocycles. The van der Waals surface area contributed by atoms with Crippen LogP contribution in [0.3, 0.4) is 0 Å². The second kappa shape index (κ2) is 5.73. The van der Waals surface area contributed by atoms with Crippen molar-refractivity contribution in [2.24, 2.45) is 5.92 Å². The number of phenols is 1. The van der Waals surface area contributed by atoms with E-state index in [0.717, 1.165) is 17.7 Å². The SMILES string of the molecule is Cc1cccc(CNCC(C)CO)c1O. The van der Waals surface area contributed by atoms with E-state index in [1.807, 2.05) is 32.0 Å². The fourth-order valence-corrected chi connectivity index (χ4v) is 1.38. The number of nitrogens with one attached hydrogen (secondary N) is 1. The molecule has 1 aromatic rings. The number of phenolic OH excluding ortho intramolecular Hbond substituents is 1. The summed E-state index contributed by atoms with van der Waals surface area (Å²) in [6.07, 6.45) is 0. The minimum Gasteiger partial charge on any atom is -0.507 e. The van der Waals surface area contributed by atoms with Crippen molar-refractivity contribution >= 4 is 0 Å². The van der Waals surface area contributed by atoms with Crippen molar-refractivity contribution in [2.45, 2.75) is 20.4 Å². The number of hydrogen-bond acceptors (Lipinski definition) is 3. The quantitative estimate of drug-likeness (QED) is 0.687. The summed E-state index contributed by atoms with van der Waals surface area (Å²) < 4.78 is 0. The molecular weight excluding hydrogens is 190 g/mol. The van der Waals surface area contributed by atoms with Crippen molar-refractivity contribution in [3.05, 3.63) is 29.3 Å². The molecular formula is C12H19NO2. The van der Waals surface area contributed by atoms with Gasteiger partial charge in [0.05, 0.1) is 0 Å². The fraction of sp³-hybridized carbons (Fsp3) is 0.500. The van der Waals surface area contributed by atoms with E-state index < -0.39 is 0 Å². The molecule has 1 rings (SSSR count). The van der Waals surface area contributed by atoms with E-state index in [4.69, 9.17) is 5.11 Å². The second-order valence-electron chi connectivity index (χ2n) is 4.00. The molecule has 84 valence electrons. The first-order valence-electron chi connectivity index (χ1n) is 5.24. The average Bonchev–Trinajstić information content (AvgIpc) is 2.24. The van der Waals surface area contributed by atoms with Crippen LogP contribution in [-0.2, 0) is 6.54 Å². The Hall–Kier alpha value is -1.06.